The summed E-state index contributed by atoms with van der Waals surface area (Å²) in [6.45, 7) is 7.51. The van der Waals surface area contributed by atoms with Crippen molar-refractivity contribution in [1.29, 1.82) is 0 Å². The highest BCUT2D eigenvalue weighted by Crippen LogP contribution is 2.43. The fourth-order valence-corrected chi connectivity index (χ4v) is 3.76. The molecule has 0 aliphatic heterocycles. The summed E-state index contributed by atoms with van der Waals surface area (Å²) in [6.07, 6.45) is 3.42. The van der Waals surface area contributed by atoms with Crippen molar-refractivity contribution in [3.8, 4) is 0 Å². The summed E-state index contributed by atoms with van der Waals surface area (Å²) in [4.78, 5) is 0. The number of nitrogens with one attached hydrogen (secondary N) is 1. The SMILES string of the molecule is CC1CCC(CNC(C)C)C(c2ccc(Br)c(Cl)c2F)C1. The van der Waals surface area contributed by atoms with Gasteiger partial charge in [0.2, 0.25) is 0 Å². The molecule has 1 nitrogen and oxygen atoms in total. The van der Waals surface area contributed by atoms with E-state index in [2.05, 4.69) is 42.0 Å². The summed E-state index contributed by atoms with van der Waals surface area (Å²) in [5.74, 6) is 1.13. The van der Waals surface area contributed by atoms with E-state index in [1.54, 1.807) is 0 Å². The molecule has 118 valence electrons. The Labute approximate surface area is 140 Å². The summed E-state index contributed by atoms with van der Waals surface area (Å²) >= 11 is 9.37. The number of benzene rings is 1. The van der Waals surface area contributed by atoms with E-state index in [4.69, 9.17) is 11.6 Å². The van der Waals surface area contributed by atoms with Gasteiger partial charge in [-0.2, -0.15) is 0 Å². The number of halogens is 3. The van der Waals surface area contributed by atoms with Gasteiger partial charge in [0.05, 0.1) is 5.02 Å². The lowest BCUT2D eigenvalue weighted by molar-refractivity contribution is 0.234. The zero-order valence-corrected chi connectivity index (χ0v) is 15.3. The van der Waals surface area contributed by atoms with E-state index >= 15 is 0 Å². The minimum atomic E-state index is -0.250. The van der Waals surface area contributed by atoms with Gasteiger partial charge in [-0.1, -0.05) is 44.9 Å². The van der Waals surface area contributed by atoms with Gasteiger partial charge in [0.15, 0.2) is 0 Å². The summed E-state index contributed by atoms with van der Waals surface area (Å²) in [7, 11) is 0. The molecule has 0 heterocycles. The maximum atomic E-state index is 14.6. The van der Waals surface area contributed by atoms with Crippen molar-refractivity contribution in [3.05, 3.63) is 33.0 Å². The van der Waals surface area contributed by atoms with Crippen molar-refractivity contribution in [1.82, 2.24) is 5.32 Å². The Bertz CT molecular complexity index is 492. The van der Waals surface area contributed by atoms with E-state index in [9.17, 15) is 4.39 Å². The predicted octanol–water partition coefficient (Wildman–Crippen LogP) is 5.76. The van der Waals surface area contributed by atoms with Crippen LogP contribution in [-0.4, -0.2) is 12.6 Å². The van der Waals surface area contributed by atoms with Crippen LogP contribution in [0, 0.1) is 17.7 Å². The molecule has 1 aromatic carbocycles. The van der Waals surface area contributed by atoms with Crippen LogP contribution in [0.25, 0.3) is 0 Å². The zero-order chi connectivity index (χ0) is 15.6. The van der Waals surface area contributed by atoms with Crippen LogP contribution in [0.15, 0.2) is 16.6 Å². The van der Waals surface area contributed by atoms with Crippen molar-refractivity contribution >= 4 is 27.5 Å². The van der Waals surface area contributed by atoms with Gasteiger partial charge in [-0.3, -0.25) is 0 Å². The van der Waals surface area contributed by atoms with Crippen LogP contribution in [-0.2, 0) is 0 Å². The second-order valence-electron chi connectivity index (χ2n) is 6.61. The molecular formula is C17H24BrClFN. The van der Waals surface area contributed by atoms with Crippen molar-refractivity contribution in [2.24, 2.45) is 11.8 Å². The predicted molar refractivity (Wildman–Crippen MR) is 91.5 cm³/mol. The van der Waals surface area contributed by atoms with Crippen LogP contribution in [0.3, 0.4) is 0 Å². The Morgan fingerprint density at radius 2 is 2.10 bits per heavy atom. The third kappa shape index (κ3) is 4.20. The van der Waals surface area contributed by atoms with Crippen LogP contribution in [0.1, 0.15) is 51.5 Å². The van der Waals surface area contributed by atoms with Crippen LogP contribution in [0.4, 0.5) is 4.39 Å². The molecule has 0 saturated heterocycles. The monoisotopic (exact) mass is 375 g/mol. The van der Waals surface area contributed by atoms with Gasteiger partial charge in [-0.05, 0) is 64.7 Å². The lowest BCUT2D eigenvalue weighted by Gasteiger charge is -2.36. The van der Waals surface area contributed by atoms with Crippen LogP contribution >= 0.6 is 27.5 Å². The zero-order valence-electron chi connectivity index (χ0n) is 12.9. The quantitative estimate of drug-likeness (QED) is 0.659. The third-order valence-corrected chi connectivity index (χ3v) is 5.77. The van der Waals surface area contributed by atoms with E-state index in [1.807, 2.05) is 12.1 Å². The van der Waals surface area contributed by atoms with Gasteiger partial charge in [0.1, 0.15) is 5.82 Å². The first-order valence-corrected chi connectivity index (χ1v) is 8.94. The molecule has 1 aromatic rings. The molecule has 1 aliphatic carbocycles. The Morgan fingerprint density at radius 3 is 2.76 bits per heavy atom. The topological polar surface area (TPSA) is 12.0 Å². The van der Waals surface area contributed by atoms with Crippen molar-refractivity contribution in [3.63, 3.8) is 0 Å². The standard InChI is InChI=1S/C17H24BrClFN/c1-10(2)21-9-12-5-4-11(3)8-14(12)13-6-7-15(18)16(19)17(13)20/h6-7,10-12,14,21H,4-5,8-9H2,1-3H3. The van der Waals surface area contributed by atoms with E-state index < -0.39 is 0 Å². The first kappa shape index (κ1) is 17.2. The van der Waals surface area contributed by atoms with E-state index in [0.29, 0.717) is 22.4 Å². The van der Waals surface area contributed by atoms with Gasteiger partial charge < -0.3 is 5.32 Å². The molecule has 3 atom stereocenters. The Balaban J connectivity index is 2.25. The highest BCUT2D eigenvalue weighted by Gasteiger charge is 2.32. The second kappa shape index (κ2) is 7.43. The third-order valence-electron chi connectivity index (χ3n) is 4.51. The average molecular weight is 377 g/mol. The number of rotatable bonds is 4. The summed E-state index contributed by atoms with van der Waals surface area (Å²) < 4.78 is 15.2. The normalized spacial score (nSPS) is 26.3. The molecule has 3 unspecified atom stereocenters. The maximum absolute atomic E-state index is 14.6. The summed E-state index contributed by atoms with van der Waals surface area (Å²) in [5, 5.41) is 3.72. The smallest absolute Gasteiger partial charge is 0.146 e. The first-order valence-electron chi connectivity index (χ1n) is 7.77. The molecule has 2 rings (SSSR count). The lowest BCUT2D eigenvalue weighted by Crippen LogP contribution is -2.35. The van der Waals surface area contributed by atoms with Gasteiger partial charge >= 0.3 is 0 Å². The van der Waals surface area contributed by atoms with Gasteiger partial charge in [-0.25, -0.2) is 4.39 Å². The fourth-order valence-electron chi connectivity index (χ4n) is 3.28. The second-order valence-corrected chi connectivity index (χ2v) is 7.84. The minimum Gasteiger partial charge on any atom is -0.314 e. The van der Waals surface area contributed by atoms with Gasteiger partial charge in [-0.15, -0.1) is 0 Å². The summed E-state index contributed by atoms with van der Waals surface area (Å²) in [5.41, 5.74) is 0.783. The average Bonchev–Trinajstić information content (AvgIpc) is 2.43. The number of hydrogen-bond donors (Lipinski definition) is 1. The molecule has 0 aromatic heterocycles. The molecule has 0 radical (unpaired) electrons. The van der Waals surface area contributed by atoms with Crippen molar-refractivity contribution in [2.75, 3.05) is 6.54 Å². The maximum Gasteiger partial charge on any atom is 0.146 e. The minimum absolute atomic E-state index is 0.210. The van der Waals surface area contributed by atoms with Crippen LogP contribution in [0.2, 0.25) is 5.02 Å². The van der Waals surface area contributed by atoms with E-state index in [-0.39, 0.29) is 16.8 Å². The molecular weight excluding hydrogens is 353 g/mol. The Morgan fingerprint density at radius 1 is 1.38 bits per heavy atom. The molecule has 0 spiro atoms. The molecule has 1 aliphatic rings. The molecule has 21 heavy (non-hydrogen) atoms. The van der Waals surface area contributed by atoms with E-state index in [1.165, 1.54) is 6.42 Å². The largest absolute Gasteiger partial charge is 0.314 e. The highest BCUT2D eigenvalue weighted by atomic mass is 79.9. The first-order chi connectivity index (χ1) is 9.90. The van der Waals surface area contributed by atoms with Gasteiger partial charge in [0.25, 0.3) is 0 Å². The van der Waals surface area contributed by atoms with Crippen molar-refractivity contribution in [2.45, 2.75) is 52.0 Å². The molecule has 0 bridgehead atoms. The summed E-state index contributed by atoms with van der Waals surface area (Å²) in [6, 6.07) is 4.23. The van der Waals surface area contributed by atoms with Gasteiger partial charge in [0, 0.05) is 10.5 Å². The van der Waals surface area contributed by atoms with Crippen LogP contribution in [0.5, 0.6) is 0 Å². The highest BCUT2D eigenvalue weighted by molar-refractivity contribution is 9.10. The lowest BCUT2D eigenvalue weighted by atomic mass is 9.71. The fraction of sp³-hybridized carbons (Fsp3) is 0.647. The molecule has 1 saturated carbocycles. The van der Waals surface area contributed by atoms with Crippen molar-refractivity contribution < 1.29 is 4.39 Å². The molecule has 1 fully saturated rings. The Hall–Kier alpha value is -0.120. The molecule has 0 amide bonds. The molecule has 4 heteroatoms. The van der Waals surface area contributed by atoms with Crippen LogP contribution < -0.4 is 5.32 Å². The Kier molecular flexibility index (Phi) is 6.10. The van der Waals surface area contributed by atoms with E-state index in [0.717, 1.165) is 24.9 Å². The molecule has 1 N–H and O–H groups in total. The number of hydrogen-bond acceptors (Lipinski definition) is 1.